The monoisotopic (exact) mass is 275 g/mol. The van der Waals surface area contributed by atoms with Crippen molar-refractivity contribution in [1.29, 1.82) is 0 Å². The SMILES string of the molecule is CN(CCC1CCCO1)CC1CC(Br)C1. The van der Waals surface area contributed by atoms with Crippen molar-refractivity contribution < 1.29 is 4.74 Å². The van der Waals surface area contributed by atoms with Crippen molar-refractivity contribution in [2.75, 3.05) is 26.7 Å². The molecule has 1 heterocycles. The lowest BCUT2D eigenvalue weighted by molar-refractivity contribution is 0.0910. The first kappa shape index (κ1) is 11.9. The molecule has 0 amide bonds. The second-order valence-corrected chi connectivity index (χ2v) is 6.42. The molecule has 1 unspecified atom stereocenters. The highest BCUT2D eigenvalue weighted by Crippen LogP contribution is 2.33. The number of hydrogen-bond donors (Lipinski definition) is 0. The predicted octanol–water partition coefficient (Wildman–Crippen LogP) is 2.66. The standard InChI is InChI=1S/C12H22BrNO/c1-14(9-10-7-11(13)8-10)5-4-12-3-2-6-15-12/h10-12H,2-9H2,1H3. The van der Waals surface area contributed by atoms with Gasteiger partial charge in [-0.1, -0.05) is 15.9 Å². The van der Waals surface area contributed by atoms with E-state index in [4.69, 9.17) is 4.74 Å². The molecular formula is C12H22BrNO. The van der Waals surface area contributed by atoms with Crippen molar-refractivity contribution in [3.05, 3.63) is 0 Å². The summed E-state index contributed by atoms with van der Waals surface area (Å²) in [5.74, 6) is 0.934. The number of alkyl halides is 1. The van der Waals surface area contributed by atoms with E-state index in [2.05, 4.69) is 27.9 Å². The number of ether oxygens (including phenoxy) is 1. The van der Waals surface area contributed by atoms with Gasteiger partial charge in [0.15, 0.2) is 0 Å². The fraction of sp³-hybridized carbons (Fsp3) is 1.00. The Labute approximate surface area is 101 Å². The summed E-state index contributed by atoms with van der Waals surface area (Å²) >= 11 is 3.64. The van der Waals surface area contributed by atoms with E-state index in [1.165, 1.54) is 45.2 Å². The molecule has 0 bridgehead atoms. The van der Waals surface area contributed by atoms with Crippen molar-refractivity contribution in [1.82, 2.24) is 4.90 Å². The van der Waals surface area contributed by atoms with Gasteiger partial charge < -0.3 is 9.64 Å². The zero-order valence-corrected chi connectivity index (χ0v) is 11.2. The maximum Gasteiger partial charge on any atom is 0.0588 e. The lowest BCUT2D eigenvalue weighted by Crippen LogP contribution is -2.35. The highest BCUT2D eigenvalue weighted by atomic mass is 79.9. The molecular weight excluding hydrogens is 254 g/mol. The highest BCUT2D eigenvalue weighted by Gasteiger charge is 2.27. The molecule has 0 radical (unpaired) electrons. The van der Waals surface area contributed by atoms with Gasteiger partial charge in [0.25, 0.3) is 0 Å². The summed E-state index contributed by atoms with van der Waals surface area (Å²) in [7, 11) is 2.25. The first-order chi connectivity index (χ1) is 7.24. The van der Waals surface area contributed by atoms with Crippen LogP contribution in [0.1, 0.15) is 32.1 Å². The highest BCUT2D eigenvalue weighted by molar-refractivity contribution is 9.09. The van der Waals surface area contributed by atoms with Crippen molar-refractivity contribution in [2.24, 2.45) is 5.92 Å². The summed E-state index contributed by atoms with van der Waals surface area (Å²) in [6, 6.07) is 0. The van der Waals surface area contributed by atoms with Crippen molar-refractivity contribution >= 4 is 15.9 Å². The third-order valence-corrected chi connectivity index (χ3v) is 4.35. The molecule has 0 aromatic carbocycles. The molecule has 1 aliphatic carbocycles. The van der Waals surface area contributed by atoms with Gasteiger partial charge in [0.1, 0.15) is 0 Å². The van der Waals surface area contributed by atoms with E-state index in [0.29, 0.717) is 6.10 Å². The fourth-order valence-electron chi connectivity index (χ4n) is 2.57. The van der Waals surface area contributed by atoms with Gasteiger partial charge in [-0.3, -0.25) is 0 Å². The number of hydrogen-bond acceptors (Lipinski definition) is 2. The Morgan fingerprint density at radius 2 is 2.20 bits per heavy atom. The summed E-state index contributed by atoms with van der Waals surface area (Å²) < 4.78 is 5.63. The molecule has 1 saturated carbocycles. The second kappa shape index (κ2) is 5.65. The number of nitrogens with zero attached hydrogens (tertiary/aromatic N) is 1. The maximum absolute atomic E-state index is 5.63. The molecule has 15 heavy (non-hydrogen) atoms. The smallest absolute Gasteiger partial charge is 0.0588 e. The van der Waals surface area contributed by atoms with Crippen LogP contribution in [-0.4, -0.2) is 42.6 Å². The van der Waals surface area contributed by atoms with E-state index in [-0.39, 0.29) is 0 Å². The van der Waals surface area contributed by atoms with Crippen molar-refractivity contribution in [3.8, 4) is 0 Å². The first-order valence-corrected chi connectivity index (χ1v) is 7.10. The minimum atomic E-state index is 0.553. The van der Waals surface area contributed by atoms with Gasteiger partial charge in [-0.2, -0.15) is 0 Å². The van der Waals surface area contributed by atoms with Crippen LogP contribution in [0.3, 0.4) is 0 Å². The molecule has 0 aromatic heterocycles. The van der Waals surface area contributed by atoms with E-state index in [1.54, 1.807) is 0 Å². The van der Waals surface area contributed by atoms with Crippen LogP contribution in [0.15, 0.2) is 0 Å². The Kier molecular flexibility index (Phi) is 4.47. The van der Waals surface area contributed by atoms with E-state index < -0.39 is 0 Å². The topological polar surface area (TPSA) is 12.5 Å². The molecule has 88 valence electrons. The van der Waals surface area contributed by atoms with Gasteiger partial charge in [0.05, 0.1) is 6.10 Å². The lowest BCUT2D eigenvalue weighted by Gasteiger charge is -2.34. The number of rotatable bonds is 5. The number of halogens is 1. The van der Waals surface area contributed by atoms with Crippen LogP contribution in [0.2, 0.25) is 0 Å². The van der Waals surface area contributed by atoms with Crippen LogP contribution in [0.4, 0.5) is 0 Å². The minimum Gasteiger partial charge on any atom is -0.378 e. The third-order valence-electron chi connectivity index (χ3n) is 3.60. The maximum atomic E-state index is 5.63. The molecule has 2 fully saturated rings. The van der Waals surface area contributed by atoms with Gasteiger partial charge in [0.2, 0.25) is 0 Å². The Bertz CT molecular complexity index is 188. The van der Waals surface area contributed by atoms with Gasteiger partial charge in [-0.25, -0.2) is 0 Å². The molecule has 1 saturated heterocycles. The first-order valence-electron chi connectivity index (χ1n) is 6.18. The van der Waals surface area contributed by atoms with E-state index in [1.807, 2.05) is 0 Å². The largest absolute Gasteiger partial charge is 0.378 e. The second-order valence-electron chi connectivity index (χ2n) is 5.12. The summed E-state index contributed by atoms with van der Waals surface area (Å²) in [5.41, 5.74) is 0. The molecule has 0 N–H and O–H groups in total. The van der Waals surface area contributed by atoms with Gasteiger partial charge in [-0.15, -0.1) is 0 Å². The Balaban J connectivity index is 1.54. The van der Waals surface area contributed by atoms with Crippen LogP contribution in [0.25, 0.3) is 0 Å². The molecule has 1 atom stereocenters. The Morgan fingerprint density at radius 1 is 1.40 bits per heavy atom. The summed E-state index contributed by atoms with van der Waals surface area (Å²) in [6.07, 6.45) is 7.05. The summed E-state index contributed by atoms with van der Waals surface area (Å²) in [5, 5.41) is 0. The average Bonchev–Trinajstić information content (AvgIpc) is 2.65. The minimum absolute atomic E-state index is 0.553. The zero-order chi connectivity index (χ0) is 10.7. The van der Waals surface area contributed by atoms with E-state index >= 15 is 0 Å². The third kappa shape index (κ3) is 3.72. The van der Waals surface area contributed by atoms with E-state index in [0.717, 1.165) is 17.4 Å². The zero-order valence-electron chi connectivity index (χ0n) is 9.62. The van der Waals surface area contributed by atoms with Crippen LogP contribution in [-0.2, 0) is 4.74 Å². The lowest BCUT2D eigenvalue weighted by atomic mass is 9.85. The summed E-state index contributed by atoms with van der Waals surface area (Å²) in [4.78, 5) is 3.28. The van der Waals surface area contributed by atoms with Crippen LogP contribution < -0.4 is 0 Å². The van der Waals surface area contributed by atoms with Crippen molar-refractivity contribution in [2.45, 2.75) is 43.0 Å². The van der Waals surface area contributed by atoms with Gasteiger partial charge in [-0.05, 0) is 45.1 Å². The predicted molar refractivity (Wildman–Crippen MR) is 66.5 cm³/mol. The van der Waals surface area contributed by atoms with Crippen molar-refractivity contribution in [3.63, 3.8) is 0 Å². The molecule has 0 spiro atoms. The Morgan fingerprint density at radius 3 is 2.80 bits per heavy atom. The molecule has 2 nitrogen and oxygen atoms in total. The quantitative estimate of drug-likeness (QED) is 0.716. The average molecular weight is 276 g/mol. The molecule has 0 aromatic rings. The van der Waals surface area contributed by atoms with Crippen LogP contribution in [0, 0.1) is 5.92 Å². The molecule has 1 aliphatic heterocycles. The normalized spacial score (nSPS) is 35.8. The van der Waals surface area contributed by atoms with E-state index in [9.17, 15) is 0 Å². The molecule has 3 heteroatoms. The Hall–Kier alpha value is 0.400. The molecule has 2 rings (SSSR count). The fourth-order valence-corrected chi connectivity index (χ4v) is 3.63. The van der Waals surface area contributed by atoms with Crippen LogP contribution in [0.5, 0.6) is 0 Å². The van der Waals surface area contributed by atoms with Gasteiger partial charge >= 0.3 is 0 Å². The molecule has 2 aliphatic rings. The van der Waals surface area contributed by atoms with Gasteiger partial charge in [0, 0.05) is 24.5 Å². The van der Waals surface area contributed by atoms with Crippen LogP contribution >= 0.6 is 15.9 Å². The summed E-state index contributed by atoms with van der Waals surface area (Å²) in [6.45, 7) is 3.46.